The number of hydrogen-bond donors (Lipinski definition) is 0. The van der Waals surface area contributed by atoms with Crippen LogP contribution in [0.2, 0.25) is 0 Å². The maximum Gasteiger partial charge on any atom is 0.176 e. The van der Waals surface area contributed by atoms with Gasteiger partial charge in [-0.2, -0.15) is 0 Å². The Kier molecular flexibility index (Phi) is 2.88. The first-order valence-corrected chi connectivity index (χ1v) is 5.39. The number of rotatable bonds is 1. The molecule has 0 amide bonds. The number of hydrogen-bond acceptors (Lipinski definition) is 3. The zero-order valence-electron chi connectivity index (χ0n) is 9.34. The molecule has 0 aromatic heterocycles. The third-order valence-corrected chi connectivity index (χ3v) is 2.96. The van der Waals surface area contributed by atoms with Crippen molar-refractivity contribution in [3.63, 3.8) is 0 Å². The van der Waals surface area contributed by atoms with E-state index >= 15 is 0 Å². The highest BCUT2D eigenvalue weighted by atomic mass is 16.5. The molecule has 0 bridgehead atoms. The van der Waals surface area contributed by atoms with Crippen molar-refractivity contribution < 1.29 is 14.3 Å². The minimum absolute atomic E-state index is 0.128. The normalized spacial score (nSPS) is 30.5. The van der Waals surface area contributed by atoms with Crippen molar-refractivity contribution in [1.82, 2.24) is 0 Å². The molecule has 3 atom stereocenters. The van der Waals surface area contributed by atoms with Crippen LogP contribution in [0.1, 0.15) is 25.5 Å². The average Bonchev–Trinajstić information content (AvgIpc) is 2.32. The Labute approximate surface area is 94.4 Å². The summed E-state index contributed by atoms with van der Waals surface area (Å²) < 4.78 is 5.47. The first-order chi connectivity index (χ1) is 7.61. The molecular formula is C13H14O3. The Hall–Kier alpha value is -1.48. The van der Waals surface area contributed by atoms with Gasteiger partial charge in [-0.3, -0.25) is 9.59 Å². The molecule has 0 aliphatic carbocycles. The van der Waals surface area contributed by atoms with Crippen molar-refractivity contribution in [3.05, 3.63) is 35.9 Å². The van der Waals surface area contributed by atoms with Gasteiger partial charge in [0.2, 0.25) is 0 Å². The van der Waals surface area contributed by atoms with Gasteiger partial charge in [0, 0.05) is 0 Å². The van der Waals surface area contributed by atoms with E-state index in [1.807, 2.05) is 30.3 Å². The molecule has 16 heavy (non-hydrogen) atoms. The SMILES string of the molecule is CC1OC(c2ccccc2)C(=O)C(C)C1=O. The van der Waals surface area contributed by atoms with Gasteiger partial charge >= 0.3 is 0 Å². The summed E-state index contributed by atoms with van der Waals surface area (Å²) in [7, 11) is 0. The minimum atomic E-state index is -0.594. The monoisotopic (exact) mass is 218 g/mol. The van der Waals surface area contributed by atoms with Gasteiger partial charge in [0.1, 0.15) is 12.2 Å². The number of carbonyl (C=O) groups excluding carboxylic acids is 2. The Morgan fingerprint density at radius 3 is 2.25 bits per heavy atom. The fourth-order valence-electron chi connectivity index (χ4n) is 1.93. The molecule has 1 saturated heterocycles. The Balaban J connectivity index is 2.30. The lowest BCUT2D eigenvalue weighted by Crippen LogP contribution is -2.42. The molecular weight excluding hydrogens is 204 g/mol. The van der Waals surface area contributed by atoms with Crippen LogP contribution < -0.4 is 0 Å². The smallest absolute Gasteiger partial charge is 0.176 e. The number of carbonyl (C=O) groups is 2. The molecule has 0 N–H and O–H groups in total. The molecule has 3 heteroatoms. The van der Waals surface area contributed by atoms with Gasteiger partial charge in [0.25, 0.3) is 0 Å². The lowest BCUT2D eigenvalue weighted by atomic mass is 9.88. The molecule has 1 aromatic carbocycles. The van der Waals surface area contributed by atoms with Crippen molar-refractivity contribution in [2.75, 3.05) is 0 Å². The molecule has 3 unspecified atom stereocenters. The van der Waals surface area contributed by atoms with Crippen molar-refractivity contribution in [3.8, 4) is 0 Å². The van der Waals surface area contributed by atoms with Gasteiger partial charge in [-0.05, 0) is 19.4 Å². The van der Waals surface area contributed by atoms with E-state index in [-0.39, 0.29) is 11.6 Å². The summed E-state index contributed by atoms with van der Waals surface area (Å²) in [6.07, 6.45) is -1.10. The summed E-state index contributed by atoms with van der Waals surface area (Å²) in [6.45, 7) is 3.35. The predicted octanol–water partition coefficient (Wildman–Crippen LogP) is 1.92. The van der Waals surface area contributed by atoms with E-state index in [2.05, 4.69) is 0 Å². The van der Waals surface area contributed by atoms with Crippen LogP contribution in [-0.2, 0) is 14.3 Å². The first kappa shape index (κ1) is 11.0. The van der Waals surface area contributed by atoms with Crippen LogP contribution in [0.4, 0.5) is 0 Å². The highest BCUT2D eigenvalue weighted by molar-refractivity contribution is 6.07. The van der Waals surface area contributed by atoms with Crippen molar-refractivity contribution in [2.24, 2.45) is 5.92 Å². The van der Waals surface area contributed by atoms with Crippen LogP contribution in [0.15, 0.2) is 30.3 Å². The lowest BCUT2D eigenvalue weighted by molar-refractivity contribution is -0.160. The van der Waals surface area contributed by atoms with Gasteiger partial charge in [-0.1, -0.05) is 30.3 Å². The van der Waals surface area contributed by atoms with E-state index < -0.39 is 18.1 Å². The molecule has 1 heterocycles. The number of Topliss-reactive ketones (excluding diaryl/α,β-unsaturated/α-hetero) is 2. The van der Waals surface area contributed by atoms with E-state index in [0.29, 0.717) is 0 Å². The summed E-state index contributed by atoms with van der Waals surface area (Å²) in [5.41, 5.74) is 0.818. The van der Waals surface area contributed by atoms with Gasteiger partial charge in [0.05, 0.1) is 5.92 Å². The van der Waals surface area contributed by atoms with Crippen LogP contribution in [0.5, 0.6) is 0 Å². The molecule has 0 spiro atoms. The summed E-state index contributed by atoms with van der Waals surface area (Å²) >= 11 is 0. The van der Waals surface area contributed by atoms with E-state index in [9.17, 15) is 9.59 Å². The largest absolute Gasteiger partial charge is 0.355 e. The van der Waals surface area contributed by atoms with Crippen LogP contribution in [-0.4, -0.2) is 17.7 Å². The summed E-state index contributed by atoms with van der Waals surface area (Å²) in [4.78, 5) is 23.5. The maximum atomic E-state index is 11.9. The van der Waals surface area contributed by atoms with Gasteiger partial charge in [-0.25, -0.2) is 0 Å². The average molecular weight is 218 g/mol. The Bertz CT molecular complexity index is 410. The lowest BCUT2D eigenvalue weighted by Gasteiger charge is -2.29. The molecule has 0 radical (unpaired) electrons. The third-order valence-electron chi connectivity index (χ3n) is 2.96. The van der Waals surface area contributed by atoms with Crippen molar-refractivity contribution in [1.29, 1.82) is 0 Å². The highest BCUT2D eigenvalue weighted by Crippen LogP contribution is 2.29. The standard InChI is InChI=1S/C13H14O3/c1-8-11(14)9(2)16-13(12(8)15)10-6-4-3-5-7-10/h3-9,13H,1-2H3. The van der Waals surface area contributed by atoms with Crippen LogP contribution in [0.3, 0.4) is 0 Å². The molecule has 1 aromatic rings. The first-order valence-electron chi connectivity index (χ1n) is 5.39. The predicted molar refractivity (Wildman–Crippen MR) is 58.9 cm³/mol. The van der Waals surface area contributed by atoms with Crippen molar-refractivity contribution >= 4 is 11.6 Å². The number of benzene rings is 1. The van der Waals surface area contributed by atoms with E-state index in [1.165, 1.54) is 0 Å². The van der Waals surface area contributed by atoms with Crippen molar-refractivity contribution in [2.45, 2.75) is 26.1 Å². The molecule has 1 fully saturated rings. The quantitative estimate of drug-likeness (QED) is 0.676. The molecule has 0 saturated carbocycles. The summed E-state index contributed by atoms with van der Waals surface area (Å²) in [5, 5.41) is 0. The second-order valence-corrected chi connectivity index (χ2v) is 4.10. The van der Waals surface area contributed by atoms with E-state index in [1.54, 1.807) is 13.8 Å². The minimum Gasteiger partial charge on any atom is -0.355 e. The Morgan fingerprint density at radius 1 is 1.00 bits per heavy atom. The summed E-state index contributed by atoms with van der Waals surface area (Å²) in [5.74, 6) is -0.833. The number of ether oxygens (including phenoxy) is 1. The second-order valence-electron chi connectivity index (χ2n) is 4.10. The highest BCUT2D eigenvalue weighted by Gasteiger charge is 2.39. The maximum absolute atomic E-state index is 11.9. The van der Waals surface area contributed by atoms with Gasteiger partial charge < -0.3 is 4.74 Å². The van der Waals surface area contributed by atoms with Gasteiger partial charge in [-0.15, -0.1) is 0 Å². The zero-order valence-corrected chi connectivity index (χ0v) is 9.34. The van der Waals surface area contributed by atoms with Crippen LogP contribution in [0, 0.1) is 5.92 Å². The van der Waals surface area contributed by atoms with E-state index in [4.69, 9.17) is 4.74 Å². The number of ketones is 2. The van der Waals surface area contributed by atoms with Gasteiger partial charge in [0.15, 0.2) is 11.6 Å². The molecule has 1 aliphatic heterocycles. The zero-order chi connectivity index (χ0) is 11.7. The third kappa shape index (κ3) is 1.78. The van der Waals surface area contributed by atoms with Crippen LogP contribution >= 0.6 is 0 Å². The molecule has 84 valence electrons. The molecule has 2 rings (SSSR count). The Morgan fingerprint density at radius 2 is 1.62 bits per heavy atom. The fraction of sp³-hybridized carbons (Fsp3) is 0.385. The summed E-state index contributed by atoms with van der Waals surface area (Å²) in [6, 6.07) is 9.29. The topological polar surface area (TPSA) is 43.4 Å². The van der Waals surface area contributed by atoms with E-state index in [0.717, 1.165) is 5.56 Å². The van der Waals surface area contributed by atoms with Crippen LogP contribution in [0.25, 0.3) is 0 Å². The second kappa shape index (κ2) is 4.18. The molecule has 1 aliphatic rings. The fourth-order valence-corrected chi connectivity index (χ4v) is 1.93. The molecule has 3 nitrogen and oxygen atoms in total.